The number of amides is 1. The number of thiazole rings is 1. The number of likely N-dealkylation sites (tertiary alicyclic amines) is 1. The summed E-state index contributed by atoms with van der Waals surface area (Å²) in [6, 6.07) is 8.18. The van der Waals surface area contributed by atoms with Crippen LogP contribution in [0.15, 0.2) is 24.3 Å². The summed E-state index contributed by atoms with van der Waals surface area (Å²) in [6.07, 6.45) is 5.62. The summed E-state index contributed by atoms with van der Waals surface area (Å²) in [5, 5.41) is 4.13. The van der Waals surface area contributed by atoms with E-state index in [1.54, 1.807) is 11.3 Å². The van der Waals surface area contributed by atoms with E-state index in [-0.39, 0.29) is 5.91 Å². The third kappa shape index (κ3) is 5.13. The second-order valence-electron chi connectivity index (χ2n) is 6.81. The van der Waals surface area contributed by atoms with Crippen LogP contribution in [0.3, 0.4) is 0 Å². The number of carbonyl (C=O) groups excluding carboxylic acids is 1. The highest BCUT2D eigenvalue weighted by molar-refractivity contribution is 7.11. The highest BCUT2D eigenvalue weighted by Gasteiger charge is 2.14. The molecule has 1 aliphatic heterocycles. The van der Waals surface area contributed by atoms with Gasteiger partial charge in [0, 0.05) is 17.1 Å². The zero-order chi connectivity index (χ0) is 17.6. The number of nitrogens with one attached hydrogen (secondary N) is 1. The van der Waals surface area contributed by atoms with Gasteiger partial charge in [0.25, 0.3) is 0 Å². The number of para-hydroxylation sites is 1. The van der Waals surface area contributed by atoms with Crippen LogP contribution in [0.1, 0.15) is 46.8 Å². The quantitative estimate of drug-likeness (QED) is 0.867. The van der Waals surface area contributed by atoms with Gasteiger partial charge in [-0.3, -0.25) is 9.69 Å². The zero-order valence-corrected chi connectivity index (χ0v) is 16.0. The molecule has 1 aliphatic rings. The van der Waals surface area contributed by atoms with Gasteiger partial charge in [-0.1, -0.05) is 31.0 Å². The Morgan fingerprint density at radius 1 is 1.16 bits per heavy atom. The molecule has 2 aromatic rings. The number of rotatable bonds is 5. The first-order chi connectivity index (χ1) is 12.1. The molecule has 134 valence electrons. The van der Waals surface area contributed by atoms with Gasteiger partial charge in [0.2, 0.25) is 5.91 Å². The fraction of sp³-hybridized carbons (Fsp3) is 0.500. The van der Waals surface area contributed by atoms with Crippen molar-refractivity contribution < 1.29 is 4.79 Å². The van der Waals surface area contributed by atoms with Crippen LogP contribution in [-0.4, -0.2) is 28.9 Å². The molecule has 5 heteroatoms. The fourth-order valence-electron chi connectivity index (χ4n) is 3.39. The maximum atomic E-state index is 12.5. The smallest absolute Gasteiger partial charge is 0.229 e. The van der Waals surface area contributed by atoms with Gasteiger partial charge in [0.1, 0.15) is 0 Å². The number of nitrogens with zero attached hydrogens (tertiary/aromatic N) is 2. The summed E-state index contributed by atoms with van der Waals surface area (Å²) in [5.41, 5.74) is 3.11. The van der Waals surface area contributed by atoms with Crippen LogP contribution in [-0.2, 0) is 17.8 Å². The predicted molar refractivity (Wildman–Crippen MR) is 104 cm³/mol. The normalized spacial score (nSPS) is 15.8. The molecule has 1 amide bonds. The van der Waals surface area contributed by atoms with Crippen molar-refractivity contribution >= 4 is 22.9 Å². The molecule has 1 aromatic carbocycles. The van der Waals surface area contributed by atoms with E-state index in [0.717, 1.165) is 40.9 Å². The van der Waals surface area contributed by atoms with Crippen LogP contribution < -0.4 is 5.32 Å². The molecule has 0 bridgehead atoms. The Labute approximate surface area is 154 Å². The van der Waals surface area contributed by atoms with Crippen LogP contribution >= 0.6 is 11.3 Å². The molecule has 0 saturated carbocycles. The van der Waals surface area contributed by atoms with Crippen molar-refractivity contribution in [2.45, 2.75) is 52.5 Å². The van der Waals surface area contributed by atoms with Crippen LogP contribution in [0.4, 0.5) is 5.69 Å². The standard InChI is InChI=1S/C20H27N3OS/c1-15-19(25-16(2)21-15)13-20(24)22-18-10-6-5-9-17(18)14-23-11-7-3-4-8-12-23/h5-6,9-10H,3-4,7-8,11-14H2,1-2H3,(H,22,24). The Morgan fingerprint density at radius 3 is 2.56 bits per heavy atom. The molecular weight excluding hydrogens is 330 g/mol. The number of hydrogen-bond donors (Lipinski definition) is 1. The first-order valence-electron chi connectivity index (χ1n) is 9.15. The van der Waals surface area contributed by atoms with Gasteiger partial charge >= 0.3 is 0 Å². The molecule has 25 heavy (non-hydrogen) atoms. The lowest BCUT2D eigenvalue weighted by Crippen LogP contribution is -2.25. The molecule has 0 atom stereocenters. The van der Waals surface area contributed by atoms with E-state index >= 15 is 0 Å². The van der Waals surface area contributed by atoms with Crippen molar-refractivity contribution in [2.75, 3.05) is 18.4 Å². The second kappa shape index (κ2) is 8.59. The molecule has 2 heterocycles. The van der Waals surface area contributed by atoms with Crippen molar-refractivity contribution in [3.8, 4) is 0 Å². The molecule has 0 aliphatic carbocycles. The lowest BCUT2D eigenvalue weighted by atomic mass is 10.1. The topological polar surface area (TPSA) is 45.2 Å². The SMILES string of the molecule is Cc1nc(C)c(CC(=O)Nc2ccccc2CN2CCCCCC2)s1. The van der Waals surface area contributed by atoms with Crippen molar-refractivity contribution in [3.05, 3.63) is 45.4 Å². The lowest BCUT2D eigenvalue weighted by Gasteiger charge is -2.21. The van der Waals surface area contributed by atoms with E-state index < -0.39 is 0 Å². The van der Waals surface area contributed by atoms with E-state index in [4.69, 9.17) is 0 Å². The van der Waals surface area contributed by atoms with E-state index in [9.17, 15) is 4.79 Å². The van der Waals surface area contributed by atoms with E-state index in [1.807, 2.05) is 26.0 Å². The summed E-state index contributed by atoms with van der Waals surface area (Å²) in [7, 11) is 0. The summed E-state index contributed by atoms with van der Waals surface area (Å²) < 4.78 is 0. The van der Waals surface area contributed by atoms with Gasteiger partial charge in [-0.25, -0.2) is 4.98 Å². The largest absolute Gasteiger partial charge is 0.325 e. The van der Waals surface area contributed by atoms with E-state index in [0.29, 0.717) is 6.42 Å². The molecule has 0 radical (unpaired) electrons. The van der Waals surface area contributed by atoms with Crippen molar-refractivity contribution in [1.82, 2.24) is 9.88 Å². The summed E-state index contributed by atoms with van der Waals surface area (Å²) >= 11 is 1.61. The van der Waals surface area contributed by atoms with Gasteiger partial charge in [0.05, 0.1) is 17.1 Å². The molecule has 0 spiro atoms. The van der Waals surface area contributed by atoms with Gasteiger partial charge in [-0.2, -0.15) is 0 Å². The third-order valence-corrected chi connectivity index (χ3v) is 5.78. The molecule has 0 unspecified atom stereocenters. The van der Waals surface area contributed by atoms with Gasteiger partial charge < -0.3 is 5.32 Å². The first kappa shape index (κ1) is 18.1. The fourth-order valence-corrected chi connectivity index (χ4v) is 4.33. The van der Waals surface area contributed by atoms with Crippen molar-refractivity contribution in [2.24, 2.45) is 0 Å². The monoisotopic (exact) mass is 357 g/mol. The number of carbonyl (C=O) groups is 1. The Bertz CT molecular complexity index is 717. The molecule has 3 rings (SSSR count). The number of hydrogen-bond acceptors (Lipinski definition) is 4. The number of aromatic nitrogens is 1. The molecule has 4 nitrogen and oxygen atoms in total. The summed E-state index contributed by atoms with van der Waals surface area (Å²) in [6.45, 7) is 7.17. The third-order valence-electron chi connectivity index (χ3n) is 4.70. The van der Waals surface area contributed by atoms with Crippen molar-refractivity contribution in [1.29, 1.82) is 0 Å². The number of anilines is 1. The van der Waals surface area contributed by atoms with Crippen LogP contribution in [0.2, 0.25) is 0 Å². The molecule has 1 saturated heterocycles. The van der Waals surface area contributed by atoms with Crippen LogP contribution in [0.25, 0.3) is 0 Å². The lowest BCUT2D eigenvalue weighted by molar-refractivity contribution is -0.115. The van der Waals surface area contributed by atoms with Gasteiger partial charge in [-0.05, 0) is 51.4 Å². The Morgan fingerprint density at radius 2 is 1.88 bits per heavy atom. The molecular formula is C20H27N3OS. The molecule has 1 fully saturated rings. The second-order valence-corrected chi connectivity index (χ2v) is 8.10. The summed E-state index contributed by atoms with van der Waals surface area (Å²) in [4.78, 5) is 20.5. The van der Waals surface area contributed by atoms with E-state index in [2.05, 4.69) is 27.3 Å². The predicted octanol–water partition coefficient (Wildman–Crippen LogP) is 4.32. The molecule has 1 aromatic heterocycles. The Kier molecular flexibility index (Phi) is 6.21. The minimum absolute atomic E-state index is 0.0371. The van der Waals surface area contributed by atoms with E-state index in [1.165, 1.54) is 31.2 Å². The average Bonchev–Trinajstić information content (AvgIpc) is 2.77. The number of benzene rings is 1. The first-order valence-corrected chi connectivity index (χ1v) is 9.96. The van der Waals surface area contributed by atoms with Gasteiger partial charge in [-0.15, -0.1) is 11.3 Å². The highest BCUT2D eigenvalue weighted by atomic mass is 32.1. The average molecular weight is 358 g/mol. The number of aryl methyl sites for hydroxylation is 2. The Hall–Kier alpha value is -1.72. The van der Waals surface area contributed by atoms with Gasteiger partial charge in [0.15, 0.2) is 0 Å². The summed E-state index contributed by atoms with van der Waals surface area (Å²) in [5.74, 6) is 0.0371. The minimum Gasteiger partial charge on any atom is -0.325 e. The maximum absolute atomic E-state index is 12.5. The maximum Gasteiger partial charge on any atom is 0.229 e. The molecule has 1 N–H and O–H groups in total. The van der Waals surface area contributed by atoms with Crippen LogP contribution in [0.5, 0.6) is 0 Å². The Balaban J connectivity index is 1.65. The van der Waals surface area contributed by atoms with Crippen LogP contribution in [0, 0.1) is 13.8 Å². The van der Waals surface area contributed by atoms with Crippen molar-refractivity contribution in [3.63, 3.8) is 0 Å². The zero-order valence-electron chi connectivity index (χ0n) is 15.2. The highest BCUT2D eigenvalue weighted by Crippen LogP contribution is 2.22. The minimum atomic E-state index is 0.0371.